The summed E-state index contributed by atoms with van der Waals surface area (Å²) in [5.41, 5.74) is -0.449. The van der Waals surface area contributed by atoms with Crippen molar-refractivity contribution in [3.05, 3.63) is 70.5 Å². The van der Waals surface area contributed by atoms with Crippen LogP contribution in [0.4, 0.5) is 0 Å². The molecule has 3 saturated heterocycles. The zero-order chi connectivity index (χ0) is 69.2. The molecule has 26 atom stereocenters. The molecule has 94 heavy (non-hydrogen) atoms. The van der Waals surface area contributed by atoms with Crippen LogP contribution in [0.25, 0.3) is 0 Å². The van der Waals surface area contributed by atoms with Gasteiger partial charge in [-0.2, -0.15) is 0 Å². The van der Waals surface area contributed by atoms with Gasteiger partial charge >= 0.3 is 35.8 Å². The number of hydrogen-bond acceptors (Lipinski definition) is 34. The van der Waals surface area contributed by atoms with Gasteiger partial charge in [-0.3, -0.25) is 14.4 Å². The standard InChI is InChI=1S/C60H84O34/c1-8-24-27(32(52(77)80-5)20-84-55(24)92-58-49(74)46(71)43(68)37(16-62)89-58)12-40(65)83-19-31-23(4)35(87-41(66)13-28-25(9-2)56(85-21-33(28)53(78)81-6)93-59-50(75)47(72)44(69)38(17-63)90-59)11-30(31)36(15-61)88-42(67)14-29-26(10-3)57(86-22-34(29)54(79)82-7)94-60-51(76)48(73)45(70)39(18-64)91-60/h8-10,20-23,27-31,35-39,43-51,55-64,68-76H,11-19H2,1-7H3/b24-8+,25-9+,26-10+/t23-,27+,28+,29+,30-,31-,35-,36+,37-,38-,39-,43-,44-,45-,46+,47+,48+,49-,50-,51-,55+,56+,57+,58+,59+,60+/m1/s1. The fourth-order valence-electron chi connectivity index (χ4n) is 12.4. The fraction of sp³-hybridized carbons (Fsp3) is 0.700. The number of esters is 6. The first-order valence-electron chi connectivity index (χ1n) is 30.1. The number of ether oxygens (including phenoxy) is 15. The Labute approximate surface area is 537 Å². The van der Waals surface area contributed by atoms with E-state index in [4.69, 9.17) is 71.1 Å². The van der Waals surface area contributed by atoms with Gasteiger partial charge in [0.05, 0.1) is 109 Å². The molecule has 0 spiro atoms. The minimum absolute atomic E-state index is 0.0498. The Morgan fingerprint density at radius 2 is 0.840 bits per heavy atom. The molecule has 0 aromatic heterocycles. The number of rotatable bonds is 24. The molecule has 0 bridgehead atoms. The zero-order valence-corrected chi connectivity index (χ0v) is 52.2. The molecule has 0 amide bonds. The summed E-state index contributed by atoms with van der Waals surface area (Å²) in [6.07, 6.45) is -28.4. The van der Waals surface area contributed by atoms with Crippen molar-refractivity contribution in [1.82, 2.24) is 0 Å². The number of aliphatic hydroxyl groups is 13. The average Bonchev–Trinajstić information content (AvgIpc) is 0.920. The van der Waals surface area contributed by atoms with E-state index in [1.54, 1.807) is 6.92 Å². The van der Waals surface area contributed by atoms with E-state index in [1.807, 2.05) is 0 Å². The lowest BCUT2D eigenvalue weighted by Crippen LogP contribution is -2.60. The van der Waals surface area contributed by atoms with E-state index in [2.05, 4.69) is 0 Å². The van der Waals surface area contributed by atoms with Gasteiger partial charge in [0.15, 0.2) is 18.9 Å². The van der Waals surface area contributed by atoms with Gasteiger partial charge in [-0.05, 0) is 33.1 Å². The van der Waals surface area contributed by atoms with Gasteiger partial charge in [0.1, 0.15) is 85.5 Å². The summed E-state index contributed by atoms with van der Waals surface area (Å²) in [5.74, 6) is -12.6. The van der Waals surface area contributed by atoms with Crippen LogP contribution in [0, 0.1) is 35.5 Å². The first kappa shape index (κ1) is 75.3. The van der Waals surface area contributed by atoms with Crippen molar-refractivity contribution in [3.8, 4) is 0 Å². The fourth-order valence-corrected chi connectivity index (χ4v) is 12.4. The van der Waals surface area contributed by atoms with Crippen molar-refractivity contribution in [2.75, 3.05) is 54.4 Å². The number of carbonyl (C=O) groups excluding carboxylic acids is 6. The van der Waals surface area contributed by atoms with E-state index in [0.717, 1.165) is 40.1 Å². The summed E-state index contributed by atoms with van der Waals surface area (Å²) in [6.45, 7) is 2.21. The lowest BCUT2D eigenvalue weighted by molar-refractivity contribution is -0.327. The van der Waals surface area contributed by atoms with Crippen LogP contribution in [0.2, 0.25) is 0 Å². The summed E-state index contributed by atoms with van der Waals surface area (Å²) in [7, 11) is 3.18. The van der Waals surface area contributed by atoms with Crippen LogP contribution in [-0.2, 0) is 99.8 Å². The molecule has 1 aliphatic carbocycles. The maximum absolute atomic E-state index is 14.4. The molecule has 6 heterocycles. The molecule has 7 rings (SSSR count). The molecule has 0 radical (unpaired) electrons. The normalized spacial score (nSPS) is 39.1. The maximum atomic E-state index is 14.4. The Morgan fingerprint density at radius 3 is 1.16 bits per heavy atom. The van der Waals surface area contributed by atoms with Crippen LogP contribution in [-0.4, -0.2) is 280 Å². The van der Waals surface area contributed by atoms with Crippen LogP contribution in [0.3, 0.4) is 0 Å². The summed E-state index contributed by atoms with van der Waals surface area (Å²) in [6, 6.07) is 0. The minimum atomic E-state index is -1.90. The van der Waals surface area contributed by atoms with Gasteiger partial charge in [-0.1, -0.05) is 25.2 Å². The van der Waals surface area contributed by atoms with Crippen LogP contribution in [0.1, 0.15) is 53.4 Å². The van der Waals surface area contributed by atoms with Crippen LogP contribution in [0.5, 0.6) is 0 Å². The largest absolute Gasteiger partial charge is 0.468 e. The number of allylic oxidation sites excluding steroid dienone is 3. The lowest BCUT2D eigenvalue weighted by Gasteiger charge is -2.42. The molecule has 6 aliphatic heterocycles. The van der Waals surface area contributed by atoms with E-state index >= 15 is 0 Å². The summed E-state index contributed by atoms with van der Waals surface area (Å²) in [5, 5.41) is 135. The van der Waals surface area contributed by atoms with E-state index in [-0.39, 0.29) is 39.9 Å². The molecule has 4 fully saturated rings. The monoisotopic (exact) mass is 1350 g/mol. The van der Waals surface area contributed by atoms with Crippen molar-refractivity contribution in [3.63, 3.8) is 0 Å². The third-order valence-corrected chi connectivity index (χ3v) is 17.8. The summed E-state index contributed by atoms with van der Waals surface area (Å²) < 4.78 is 84.3. The van der Waals surface area contributed by atoms with Crippen molar-refractivity contribution in [2.24, 2.45) is 35.5 Å². The Hall–Kier alpha value is -6.10. The van der Waals surface area contributed by atoms with Gasteiger partial charge in [0.2, 0.25) is 18.9 Å². The third kappa shape index (κ3) is 16.5. The van der Waals surface area contributed by atoms with E-state index < -0.39 is 247 Å². The van der Waals surface area contributed by atoms with Gasteiger partial charge in [0, 0.05) is 46.3 Å². The molecule has 528 valence electrons. The third-order valence-electron chi connectivity index (χ3n) is 17.8. The topological polar surface area (TPSA) is 504 Å². The van der Waals surface area contributed by atoms with Gasteiger partial charge < -0.3 is 137 Å². The zero-order valence-electron chi connectivity index (χ0n) is 52.2. The quantitative estimate of drug-likeness (QED) is 0.0245. The number of carbonyl (C=O) groups is 6. The van der Waals surface area contributed by atoms with E-state index in [1.165, 1.54) is 39.0 Å². The van der Waals surface area contributed by atoms with Crippen LogP contribution >= 0.6 is 0 Å². The second-order valence-electron chi connectivity index (χ2n) is 23.1. The van der Waals surface area contributed by atoms with Gasteiger partial charge in [-0.15, -0.1) is 0 Å². The lowest BCUT2D eigenvalue weighted by atomic mass is 9.85. The van der Waals surface area contributed by atoms with E-state index in [9.17, 15) is 95.2 Å². The maximum Gasteiger partial charge on any atom is 0.337 e. The Balaban J connectivity index is 1.15. The highest BCUT2D eigenvalue weighted by Gasteiger charge is 2.53. The molecule has 34 nitrogen and oxygen atoms in total. The average molecular weight is 1350 g/mol. The number of hydrogen-bond donors (Lipinski definition) is 13. The van der Waals surface area contributed by atoms with Crippen molar-refractivity contribution < 1.29 is 166 Å². The number of methoxy groups -OCH3 is 3. The van der Waals surface area contributed by atoms with Crippen molar-refractivity contribution in [2.45, 2.75) is 177 Å². The second-order valence-corrected chi connectivity index (χ2v) is 23.1. The smallest absolute Gasteiger partial charge is 0.337 e. The predicted molar refractivity (Wildman–Crippen MR) is 304 cm³/mol. The molecule has 13 N–H and O–H groups in total. The molecule has 0 aromatic rings. The molecule has 34 heteroatoms. The predicted octanol–water partition coefficient (Wildman–Crippen LogP) is -4.84. The van der Waals surface area contributed by atoms with Crippen LogP contribution in [0.15, 0.2) is 70.5 Å². The highest BCUT2D eigenvalue weighted by atomic mass is 16.8. The van der Waals surface area contributed by atoms with Gasteiger partial charge in [-0.25, -0.2) is 14.4 Å². The summed E-state index contributed by atoms with van der Waals surface area (Å²) >= 11 is 0. The molecular formula is C60H84O34. The SMILES string of the molecule is C/C=C1/[C@H](O[C@@H]2O[C@H](CO)[C@@H](O)[C@H](O)[C@H]2O)OC=C(C(=O)OC)[C@H]1CC(=O)OC[C@@H]1[C@@H](C)[C@H](OC(=O)C[C@@H]2C(C(=O)OC)=CO[C@@H](O[C@@H]3O[C@H](CO)[C@@H](O)[C@H](O)[C@H]3O)/C2=C/C)C[C@H]1[C@H](CO)OC(=O)C[C@@H]1C(C(=O)OC)=CO[C@@H](O[C@@H]2O[C@H](CO)[C@@H](O)[C@H](O)[C@H]2O)/C1=C/C. The van der Waals surface area contributed by atoms with Crippen LogP contribution < -0.4 is 0 Å². The molecule has 1 saturated carbocycles. The molecule has 7 aliphatic rings. The molecular weight excluding hydrogens is 1260 g/mol. The molecule has 0 unspecified atom stereocenters. The van der Waals surface area contributed by atoms with Gasteiger partial charge in [0.25, 0.3) is 0 Å². The Kier molecular flexibility index (Phi) is 27.0. The highest BCUT2D eigenvalue weighted by Crippen LogP contribution is 2.45. The molecule has 0 aromatic carbocycles. The minimum Gasteiger partial charge on any atom is -0.468 e. The first-order chi connectivity index (χ1) is 44.8. The van der Waals surface area contributed by atoms with Crippen molar-refractivity contribution >= 4 is 35.8 Å². The van der Waals surface area contributed by atoms with E-state index in [0.29, 0.717) is 0 Å². The summed E-state index contributed by atoms with van der Waals surface area (Å²) in [4.78, 5) is 83.0. The Bertz CT molecular complexity index is 2830. The number of aliphatic hydroxyl groups excluding tert-OH is 13. The first-order valence-corrected chi connectivity index (χ1v) is 30.1. The second kappa shape index (κ2) is 33.7. The Morgan fingerprint density at radius 1 is 0.500 bits per heavy atom. The highest BCUT2D eigenvalue weighted by molar-refractivity contribution is 5.92. The van der Waals surface area contributed by atoms with Crippen molar-refractivity contribution in [1.29, 1.82) is 0 Å².